The Morgan fingerprint density at radius 1 is 1.57 bits per heavy atom. The van der Waals surface area contributed by atoms with Crippen molar-refractivity contribution < 1.29 is 9.53 Å². The maximum Gasteiger partial charge on any atom is 0.237 e. The highest BCUT2D eigenvalue weighted by molar-refractivity contribution is 8.00. The molecule has 1 aromatic heterocycles. The van der Waals surface area contributed by atoms with E-state index in [1.807, 2.05) is 36.6 Å². The number of aryl methyl sites for hydroxylation is 1. The molecule has 1 atom stereocenters. The molecule has 0 spiro atoms. The monoisotopic (exact) mass is 332 g/mol. The lowest BCUT2D eigenvalue weighted by molar-refractivity contribution is -0.115. The third kappa shape index (κ3) is 4.35. The second-order valence-corrected chi connectivity index (χ2v) is 6.32. The van der Waals surface area contributed by atoms with Crippen LogP contribution in [0.5, 0.6) is 5.75 Å². The molecule has 0 radical (unpaired) electrons. The first-order chi connectivity index (χ1) is 11.0. The number of rotatable bonds is 7. The van der Waals surface area contributed by atoms with Crippen LogP contribution in [0.25, 0.3) is 0 Å². The molecule has 0 aliphatic heterocycles. The fraction of sp³-hybridized carbons (Fsp3) is 0.312. The van der Waals surface area contributed by atoms with Crippen molar-refractivity contribution in [2.24, 2.45) is 0 Å². The number of anilines is 1. The number of aromatic nitrogens is 3. The van der Waals surface area contributed by atoms with Crippen molar-refractivity contribution in [3.05, 3.63) is 42.7 Å². The van der Waals surface area contributed by atoms with Crippen LogP contribution in [0.2, 0.25) is 0 Å². The van der Waals surface area contributed by atoms with Gasteiger partial charge in [-0.3, -0.25) is 4.79 Å². The zero-order chi connectivity index (χ0) is 16.8. The number of ether oxygens (including phenoxy) is 1. The molecule has 1 heterocycles. The van der Waals surface area contributed by atoms with Gasteiger partial charge in [0.25, 0.3) is 0 Å². The van der Waals surface area contributed by atoms with Crippen LogP contribution in [0.4, 0.5) is 5.69 Å². The van der Waals surface area contributed by atoms with E-state index < -0.39 is 0 Å². The summed E-state index contributed by atoms with van der Waals surface area (Å²) >= 11 is 1.35. The minimum atomic E-state index is -0.326. The Kier molecular flexibility index (Phi) is 5.81. The quantitative estimate of drug-likeness (QED) is 0.624. The number of carbonyl (C=O) groups excluding carboxylic acids is 1. The van der Waals surface area contributed by atoms with Crippen molar-refractivity contribution in [2.45, 2.75) is 30.8 Å². The zero-order valence-corrected chi connectivity index (χ0v) is 14.3. The number of benzene rings is 1. The van der Waals surface area contributed by atoms with Gasteiger partial charge in [0, 0.05) is 6.54 Å². The summed E-state index contributed by atoms with van der Waals surface area (Å²) < 4.78 is 7.12. The Labute approximate surface area is 139 Å². The Bertz CT molecular complexity index is 699. The van der Waals surface area contributed by atoms with Gasteiger partial charge in [0.15, 0.2) is 5.16 Å². The summed E-state index contributed by atoms with van der Waals surface area (Å²) in [6.45, 7) is 8.09. The fourth-order valence-electron chi connectivity index (χ4n) is 1.97. The molecule has 1 amide bonds. The third-order valence-electron chi connectivity index (χ3n) is 3.17. The Balaban J connectivity index is 2.07. The first kappa shape index (κ1) is 17.1. The largest absolute Gasteiger partial charge is 0.495 e. The van der Waals surface area contributed by atoms with Crippen LogP contribution < -0.4 is 10.1 Å². The van der Waals surface area contributed by atoms with E-state index in [1.165, 1.54) is 11.8 Å². The van der Waals surface area contributed by atoms with Crippen molar-refractivity contribution in [3.8, 4) is 5.75 Å². The van der Waals surface area contributed by atoms with Gasteiger partial charge in [-0.15, -0.1) is 16.8 Å². The molecule has 0 aliphatic carbocycles. The molecule has 0 saturated heterocycles. The lowest BCUT2D eigenvalue weighted by Crippen LogP contribution is -2.23. The zero-order valence-electron chi connectivity index (χ0n) is 13.4. The molecule has 7 heteroatoms. The number of nitrogens with one attached hydrogen (secondary N) is 1. The third-order valence-corrected chi connectivity index (χ3v) is 4.26. The maximum atomic E-state index is 12.4. The molecule has 23 heavy (non-hydrogen) atoms. The molecule has 0 saturated carbocycles. The number of methoxy groups -OCH3 is 1. The standard InChI is InChI=1S/C16H20N4O2S/c1-5-8-20-10-17-19-16(20)23-12(3)15(21)18-13-9-11(2)6-7-14(13)22-4/h5-7,9-10,12H,1,8H2,2-4H3,(H,18,21)/t12-/m0/s1. The summed E-state index contributed by atoms with van der Waals surface area (Å²) in [5, 5.41) is 11.2. The van der Waals surface area contributed by atoms with Gasteiger partial charge in [-0.05, 0) is 31.5 Å². The second-order valence-electron chi connectivity index (χ2n) is 5.01. The summed E-state index contributed by atoms with van der Waals surface area (Å²) in [4.78, 5) is 12.4. The lowest BCUT2D eigenvalue weighted by atomic mass is 10.2. The van der Waals surface area contributed by atoms with Gasteiger partial charge in [0.2, 0.25) is 5.91 Å². The van der Waals surface area contributed by atoms with Gasteiger partial charge in [-0.25, -0.2) is 0 Å². The van der Waals surface area contributed by atoms with Crippen molar-refractivity contribution in [2.75, 3.05) is 12.4 Å². The van der Waals surface area contributed by atoms with Gasteiger partial charge in [0.1, 0.15) is 12.1 Å². The summed E-state index contributed by atoms with van der Waals surface area (Å²) in [7, 11) is 1.58. The Morgan fingerprint density at radius 3 is 3.04 bits per heavy atom. The van der Waals surface area contributed by atoms with Gasteiger partial charge in [0.05, 0.1) is 18.0 Å². The molecular formula is C16H20N4O2S. The number of carbonyl (C=O) groups is 1. The van der Waals surface area contributed by atoms with Crippen molar-refractivity contribution in [1.29, 1.82) is 0 Å². The number of hydrogen-bond donors (Lipinski definition) is 1. The number of nitrogens with zero attached hydrogens (tertiary/aromatic N) is 3. The molecule has 0 unspecified atom stereocenters. The highest BCUT2D eigenvalue weighted by atomic mass is 32.2. The van der Waals surface area contributed by atoms with E-state index >= 15 is 0 Å². The van der Waals surface area contributed by atoms with E-state index in [-0.39, 0.29) is 11.2 Å². The van der Waals surface area contributed by atoms with Crippen LogP contribution in [0.1, 0.15) is 12.5 Å². The number of hydrogen-bond acceptors (Lipinski definition) is 5. The molecule has 1 N–H and O–H groups in total. The van der Waals surface area contributed by atoms with Crippen molar-refractivity contribution >= 4 is 23.4 Å². The minimum absolute atomic E-state index is 0.118. The highest BCUT2D eigenvalue weighted by Gasteiger charge is 2.19. The van der Waals surface area contributed by atoms with E-state index in [1.54, 1.807) is 19.5 Å². The topological polar surface area (TPSA) is 69.0 Å². The number of thioether (sulfide) groups is 1. The van der Waals surface area contributed by atoms with Crippen LogP contribution >= 0.6 is 11.8 Å². The van der Waals surface area contributed by atoms with E-state index in [0.717, 1.165) is 5.56 Å². The molecule has 122 valence electrons. The average molecular weight is 332 g/mol. The number of amides is 1. The van der Waals surface area contributed by atoms with E-state index in [4.69, 9.17) is 4.74 Å². The summed E-state index contributed by atoms with van der Waals surface area (Å²) in [5.74, 6) is 0.517. The first-order valence-electron chi connectivity index (χ1n) is 7.16. The number of allylic oxidation sites excluding steroid dienone is 1. The van der Waals surface area contributed by atoms with Crippen molar-refractivity contribution in [3.63, 3.8) is 0 Å². The Morgan fingerprint density at radius 2 is 2.35 bits per heavy atom. The van der Waals surface area contributed by atoms with Gasteiger partial charge in [-0.1, -0.05) is 23.9 Å². The lowest BCUT2D eigenvalue weighted by Gasteiger charge is -2.14. The summed E-state index contributed by atoms with van der Waals surface area (Å²) in [6, 6.07) is 5.65. The smallest absolute Gasteiger partial charge is 0.237 e. The molecule has 2 rings (SSSR count). The molecule has 2 aromatic rings. The van der Waals surface area contributed by atoms with Crippen LogP contribution in [0.3, 0.4) is 0 Å². The molecule has 0 fully saturated rings. The minimum Gasteiger partial charge on any atom is -0.495 e. The predicted octanol–water partition coefficient (Wildman–Crippen LogP) is 2.90. The van der Waals surface area contributed by atoms with Crippen LogP contribution in [0.15, 0.2) is 42.3 Å². The molecule has 0 bridgehead atoms. The fourth-order valence-corrected chi connectivity index (χ4v) is 2.80. The van der Waals surface area contributed by atoms with Crippen LogP contribution in [-0.2, 0) is 11.3 Å². The average Bonchev–Trinajstić information content (AvgIpc) is 2.95. The Hall–Kier alpha value is -2.28. The van der Waals surface area contributed by atoms with Crippen molar-refractivity contribution in [1.82, 2.24) is 14.8 Å². The molecule has 0 aliphatic rings. The normalized spacial score (nSPS) is 11.8. The molecule has 1 aromatic carbocycles. The van der Waals surface area contributed by atoms with Crippen LogP contribution in [0, 0.1) is 6.92 Å². The predicted molar refractivity (Wildman–Crippen MR) is 91.9 cm³/mol. The second kappa shape index (κ2) is 7.82. The van der Waals surface area contributed by atoms with E-state index in [2.05, 4.69) is 22.1 Å². The highest BCUT2D eigenvalue weighted by Crippen LogP contribution is 2.27. The summed E-state index contributed by atoms with van der Waals surface area (Å²) in [5.41, 5.74) is 1.71. The van der Waals surface area contributed by atoms with E-state index in [0.29, 0.717) is 23.1 Å². The van der Waals surface area contributed by atoms with Gasteiger partial charge >= 0.3 is 0 Å². The molecule has 6 nitrogen and oxygen atoms in total. The maximum absolute atomic E-state index is 12.4. The van der Waals surface area contributed by atoms with Crippen LogP contribution in [-0.4, -0.2) is 33.0 Å². The first-order valence-corrected chi connectivity index (χ1v) is 8.04. The van der Waals surface area contributed by atoms with Gasteiger partial charge < -0.3 is 14.6 Å². The SMILES string of the molecule is C=CCn1cnnc1S[C@@H](C)C(=O)Nc1cc(C)ccc1OC. The van der Waals surface area contributed by atoms with Gasteiger partial charge in [-0.2, -0.15) is 0 Å². The summed E-state index contributed by atoms with van der Waals surface area (Å²) in [6.07, 6.45) is 3.38. The van der Waals surface area contributed by atoms with E-state index in [9.17, 15) is 4.79 Å². The molecular weight excluding hydrogens is 312 g/mol.